The lowest BCUT2D eigenvalue weighted by molar-refractivity contribution is -0.163. The van der Waals surface area contributed by atoms with Crippen molar-refractivity contribution in [1.29, 1.82) is 0 Å². The summed E-state index contributed by atoms with van der Waals surface area (Å²) in [5.41, 5.74) is 0. The molecule has 10 heteroatoms. The predicted molar refractivity (Wildman–Crippen MR) is 93.1 cm³/mol. The van der Waals surface area contributed by atoms with E-state index in [9.17, 15) is 24.0 Å². The van der Waals surface area contributed by atoms with E-state index in [1.165, 1.54) is 13.8 Å². The Morgan fingerprint density at radius 1 is 0.704 bits per heavy atom. The number of hydrogen-bond acceptors (Lipinski definition) is 8. The van der Waals surface area contributed by atoms with Gasteiger partial charge in [0.2, 0.25) is 11.8 Å². The number of rotatable bonds is 9. The molecule has 0 aromatic heterocycles. The van der Waals surface area contributed by atoms with Gasteiger partial charge in [-0.25, -0.2) is 4.79 Å². The fourth-order valence-corrected chi connectivity index (χ4v) is 2.50. The molecule has 0 aliphatic carbocycles. The first kappa shape index (κ1) is 24.4. The Morgan fingerprint density at radius 3 is 1.48 bits per heavy atom. The van der Waals surface area contributed by atoms with Crippen LogP contribution in [-0.2, 0) is 38.2 Å². The van der Waals surface area contributed by atoms with Crippen molar-refractivity contribution in [2.45, 2.75) is 39.8 Å². The summed E-state index contributed by atoms with van der Waals surface area (Å²) < 4.78 is 13.9. The molecule has 0 radical (unpaired) electrons. The minimum Gasteiger partial charge on any atom is -0.468 e. The Morgan fingerprint density at radius 2 is 1.15 bits per heavy atom. The van der Waals surface area contributed by atoms with Gasteiger partial charge in [-0.15, -0.1) is 0 Å². The number of amides is 2. The first-order chi connectivity index (χ1) is 12.5. The second-order valence-electron chi connectivity index (χ2n) is 6.31. The molecule has 2 N–H and O–H groups in total. The maximum absolute atomic E-state index is 12.6. The van der Waals surface area contributed by atoms with Gasteiger partial charge in [-0.3, -0.25) is 19.2 Å². The quantitative estimate of drug-likeness (QED) is 0.304. The van der Waals surface area contributed by atoms with Gasteiger partial charge in [0.15, 0.2) is 5.92 Å². The van der Waals surface area contributed by atoms with Gasteiger partial charge in [0.05, 0.1) is 21.3 Å². The van der Waals surface area contributed by atoms with Gasteiger partial charge in [-0.05, 0) is 5.92 Å². The van der Waals surface area contributed by atoms with Crippen LogP contribution in [0.3, 0.4) is 0 Å². The Bertz CT molecular complexity index is 559. The number of hydrogen-bond donors (Lipinski definition) is 2. The summed E-state index contributed by atoms with van der Waals surface area (Å²) >= 11 is 0. The van der Waals surface area contributed by atoms with Crippen molar-refractivity contribution < 1.29 is 38.2 Å². The predicted octanol–water partition coefficient (Wildman–Crippen LogP) is -0.597. The average molecular weight is 388 g/mol. The number of methoxy groups -OCH3 is 3. The maximum atomic E-state index is 12.6. The van der Waals surface area contributed by atoms with Crippen LogP contribution in [0.15, 0.2) is 0 Å². The third-order valence-electron chi connectivity index (χ3n) is 4.02. The lowest BCUT2D eigenvalue weighted by Crippen LogP contribution is -2.57. The molecule has 0 fully saturated rings. The summed E-state index contributed by atoms with van der Waals surface area (Å²) in [5.74, 6) is -6.54. The molecule has 154 valence electrons. The smallest absolute Gasteiger partial charge is 0.328 e. The normalized spacial score (nSPS) is 14.0. The molecular weight excluding hydrogens is 360 g/mol. The van der Waals surface area contributed by atoms with Crippen molar-refractivity contribution in [2.75, 3.05) is 21.3 Å². The maximum Gasteiger partial charge on any atom is 0.328 e. The molecule has 2 amide bonds. The van der Waals surface area contributed by atoms with Crippen LogP contribution >= 0.6 is 0 Å². The summed E-state index contributed by atoms with van der Waals surface area (Å²) in [5, 5.41) is 4.94. The van der Waals surface area contributed by atoms with E-state index >= 15 is 0 Å². The summed E-state index contributed by atoms with van der Waals surface area (Å²) in [6.07, 6.45) is 0. The Labute approximate surface area is 158 Å². The van der Waals surface area contributed by atoms with Crippen LogP contribution in [0.2, 0.25) is 0 Å². The molecule has 0 unspecified atom stereocenters. The molecule has 0 aliphatic rings. The third kappa shape index (κ3) is 6.87. The highest BCUT2D eigenvalue weighted by Crippen LogP contribution is 2.21. The molecule has 0 aromatic carbocycles. The van der Waals surface area contributed by atoms with E-state index in [2.05, 4.69) is 24.8 Å². The second-order valence-corrected chi connectivity index (χ2v) is 6.31. The van der Waals surface area contributed by atoms with Gasteiger partial charge in [0, 0.05) is 12.8 Å². The molecule has 0 saturated carbocycles. The molecule has 0 aromatic rings. The molecule has 27 heavy (non-hydrogen) atoms. The van der Waals surface area contributed by atoms with Crippen LogP contribution in [0, 0.1) is 17.8 Å². The number of esters is 3. The lowest BCUT2D eigenvalue weighted by atomic mass is 9.86. The molecule has 10 nitrogen and oxygen atoms in total. The molecular formula is C17H28N2O8. The Balaban J connectivity index is 5.73. The highest BCUT2D eigenvalue weighted by molar-refractivity contribution is 5.97. The van der Waals surface area contributed by atoms with Crippen molar-refractivity contribution in [3.63, 3.8) is 0 Å². The zero-order valence-corrected chi connectivity index (χ0v) is 16.7. The zero-order valence-electron chi connectivity index (χ0n) is 16.7. The van der Waals surface area contributed by atoms with Crippen molar-refractivity contribution in [3.8, 4) is 0 Å². The minimum absolute atomic E-state index is 0.278. The van der Waals surface area contributed by atoms with Crippen LogP contribution in [0.5, 0.6) is 0 Å². The molecule has 3 atom stereocenters. The van der Waals surface area contributed by atoms with Gasteiger partial charge in [0.25, 0.3) is 0 Å². The zero-order chi connectivity index (χ0) is 21.3. The standard InChI is InChI=1S/C17H28N2O8/c1-8(2)12(18-10(4)20)14(21)19-13(17(24)27-7)9(3)11(15(22)25-5)16(23)26-6/h8-9,11-13H,1-7H3,(H,18,20)(H,19,21)/t9-,12-,13+/m1/s1. The third-order valence-corrected chi connectivity index (χ3v) is 4.02. The van der Waals surface area contributed by atoms with Crippen LogP contribution in [0.25, 0.3) is 0 Å². The van der Waals surface area contributed by atoms with Crippen molar-refractivity contribution in [2.24, 2.45) is 17.8 Å². The summed E-state index contributed by atoms with van der Waals surface area (Å²) in [6, 6.07) is -2.27. The van der Waals surface area contributed by atoms with Gasteiger partial charge in [-0.1, -0.05) is 20.8 Å². The van der Waals surface area contributed by atoms with Crippen LogP contribution < -0.4 is 10.6 Å². The molecule has 0 saturated heterocycles. The fraction of sp³-hybridized carbons (Fsp3) is 0.706. The van der Waals surface area contributed by atoms with Crippen LogP contribution in [0.1, 0.15) is 27.7 Å². The minimum atomic E-state index is -1.46. The van der Waals surface area contributed by atoms with E-state index < -0.39 is 53.6 Å². The monoisotopic (exact) mass is 388 g/mol. The summed E-state index contributed by atoms with van der Waals surface area (Å²) in [4.78, 5) is 60.1. The largest absolute Gasteiger partial charge is 0.468 e. The average Bonchev–Trinajstić information content (AvgIpc) is 2.62. The second kappa shape index (κ2) is 11.1. The first-order valence-corrected chi connectivity index (χ1v) is 8.32. The number of ether oxygens (including phenoxy) is 3. The van der Waals surface area contributed by atoms with Gasteiger partial charge in [-0.2, -0.15) is 0 Å². The van der Waals surface area contributed by atoms with Crippen molar-refractivity contribution in [1.82, 2.24) is 10.6 Å². The van der Waals surface area contributed by atoms with E-state index in [1.54, 1.807) is 13.8 Å². The number of nitrogens with one attached hydrogen (secondary N) is 2. The highest BCUT2D eigenvalue weighted by Gasteiger charge is 2.43. The number of carbonyl (C=O) groups is 5. The van der Waals surface area contributed by atoms with E-state index in [0.29, 0.717) is 0 Å². The van der Waals surface area contributed by atoms with Gasteiger partial charge in [0.1, 0.15) is 12.1 Å². The van der Waals surface area contributed by atoms with E-state index in [-0.39, 0.29) is 5.92 Å². The van der Waals surface area contributed by atoms with E-state index in [4.69, 9.17) is 0 Å². The van der Waals surface area contributed by atoms with Crippen molar-refractivity contribution >= 4 is 29.7 Å². The summed E-state index contributed by atoms with van der Waals surface area (Å²) in [7, 11) is 3.28. The fourth-order valence-electron chi connectivity index (χ4n) is 2.50. The van der Waals surface area contributed by atoms with E-state index in [0.717, 1.165) is 21.3 Å². The van der Waals surface area contributed by atoms with Gasteiger partial charge < -0.3 is 24.8 Å². The molecule has 0 rings (SSSR count). The van der Waals surface area contributed by atoms with E-state index in [1.807, 2.05) is 0 Å². The first-order valence-electron chi connectivity index (χ1n) is 8.32. The van der Waals surface area contributed by atoms with Crippen molar-refractivity contribution in [3.05, 3.63) is 0 Å². The lowest BCUT2D eigenvalue weighted by Gasteiger charge is -2.29. The summed E-state index contributed by atoms with van der Waals surface area (Å²) in [6.45, 7) is 6.09. The molecule has 0 aliphatic heterocycles. The Kier molecular flexibility index (Phi) is 10.1. The highest BCUT2D eigenvalue weighted by atomic mass is 16.5. The van der Waals surface area contributed by atoms with Gasteiger partial charge >= 0.3 is 17.9 Å². The number of carbonyl (C=O) groups excluding carboxylic acids is 5. The Hall–Kier alpha value is -2.65. The molecule has 0 spiro atoms. The van der Waals surface area contributed by atoms with Crippen LogP contribution in [-0.4, -0.2) is 63.1 Å². The SMILES string of the molecule is COC(=O)C(C(=O)OC)[C@@H](C)[C@H](NC(=O)[C@H](NC(C)=O)C(C)C)C(=O)OC. The van der Waals surface area contributed by atoms with Crippen LogP contribution in [0.4, 0.5) is 0 Å². The molecule has 0 bridgehead atoms. The topological polar surface area (TPSA) is 137 Å². The molecule has 0 heterocycles.